The Labute approximate surface area is 113 Å². The largest absolute Gasteiger partial charge is 0.481 e. The number of ether oxygens (including phenoxy) is 1. The summed E-state index contributed by atoms with van der Waals surface area (Å²) in [5.41, 5.74) is -0.421. The van der Waals surface area contributed by atoms with Gasteiger partial charge >= 0.3 is 12.1 Å². The highest BCUT2D eigenvalue weighted by Crippen LogP contribution is 2.56. The van der Waals surface area contributed by atoms with E-state index in [1.165, 1.54) is 6.08 Å². The van der Waals surface area contributed by atoms with Crippen molar-refractivity contribution in [2.24, 2.45) is 10.8 Å². The van der Waals surface area contributed by atoms with Gasteiger partial charge in [-0.25, -0.2) is 4.79 Å². The van der Waals surface area contributed by atoms with E-state index in [2.05, 4.69) is 11.9 Å². The molecule has 3 aliphatic rings. The maximum absolute atomic E-state index is 11.4. The van der Waals surface area contributed by atoms with Crippen molar-refractivity contribution >= 4 is 12.1 Å². The number of carboxylic acid groups (broad SMARTS) is 1. The van der Waals surface area contributed by atoms with E-state index in [-0.39, 0.29) is 12.0 Å². The Hall–Kier alpha value is -1.52. The van der Waals surface area contributed by atoms with Gasteiger partial charge in [0.1, 0.15) is 6.61 Å². The first kappa shape index (κ1) is 13.9. The maximum atomic E-state index is 11.4. The summed E-state index contributed by atoms with van der Waals surface area (Å²) in [5.74, 6) is -0.654. The molecule has 0 saturated heterocycles. The van der Waals surface area contributed by atoms with Gasteiger partial charge in [-0.1, -0.05) is 12.7 Å². The summed E-state index contributed by atoms with van der Waals surface area (Å²) in [5, 5.41) is 12.1. The first-order chi connectivity index (χ1) is 9.02. The van der Waals surface area contributed by atoms with Gasteiger partial charge in [0.15, 0.2) is 0 Å². The average molecular weight is 267 g/mol. The van der Waals surface area contributed by atoms with E-state index in [1.807, 2.05) is 0 Å². The van der Waals surface area contributed by atoms with Crippen LogP contribution in [-0.4, -0.2) is 30.3 Å². The Bertz CT molecular complexity index is 366. The molecule has 1 amide bonds. The molecule has 2 N–H and O–H groups in total. The van der Waals surface area contributed by atoms with E-state index in [0.717, 1.165) is 38.5 Å². The van der Waals surface area contributed by atoms with Gasteiger partial charge in [0.25, 0.3) is 0 Å². The SMILES string of the molecule is C=CCOC(=O)NCC12CCC(C(=O)O)(CC1)CC2. The van der Waals surface area contributed by atoms with Crippen LogP contribution in [0.3, 0.4) is 0 Å². The van der Waals surface area contributed by atoms with E-state index in [9.17, 15) is 14.7 Å². The summed E-state index contributed by atoms with van der Waals surface area (Å²) >= 11 is 0. The van der Waals surface area contributed by atoms with Crippen molar-refractivity contribution in [3.05, 3.63) is 12.7 Å². The van der Waals surface area contributed by atoms with Gasteiger partial charge in [-0.2, -0.15) is 0 Å². The Kier molecular flexibility index (Phi) is 3.83. The van der Waals surface area contributed by atoms with E-state index in [1.54, 1.807) is 0 Å². The fraction of sp³-hybridized carbons (Fsp3) is 0.714. The van der Waals surface area contributed by atoms with Crippen molar-refractivity contribution < 1.29 is 19.4 Å². The van der Waals surface area contributed by atoms with E-state index < -0.39 is 17.5 Å². The summed E-state index contributed by atoms with van der Waals surface area (Å²) in [4.78, 5) is 22.7. The smallest absolute Gasteiger partial charge is 0.407 e. The summed E-state index contributed by atoms with van der Waals surface area (Å²) in [6.45, 7) is 4.27. The molecule has 0 aliphatic heterocycles. The molecule has 3 saturated carbocycles. The fourth-order valence-corrected chi connectivity index (χ4v) is 3.29. The minimum absolute atomic E-state index is 0.0738. The lowest BCUT2D eigenvalue weighted by Gasteiger charge is -2.51. The number of carbonyl (C=O) groups excluding carboxylic acids is 1. The molecule has 0 unspecified atom stereocenters. The minimum Gasteiger partial charge on any atom is -0.481 e. The van der Waals surface area contributed by atoms with Crippen molar-refractivity contribution in [2.45, 2.75) is 38.5 Å². The molecule has 3 fully saturated rings. The first-order valence-electron chi connectivity index (χ1n) is 6.77. The standard InChI is InChI=1S/C14H21NO4/c1-2-9-19-12(18)15-10-13-3-6-14(7-4-13,8-5-13)11(16)17/h2H,1,3-10H2,(H,15,18)(H,16,17). The van der Waals surface area contributed by atoms with E-state index >= 15 is 0 Å². The van der Waals surface area contributed by atoms with Gasteiger partial charge in [0.05, 0.1) is 5.41 Å². The maximum Gasteiger partial charge on any atom is 0.407 e. The Morgan fingerprint density at radius 3 is 2.26 bits per heavy atom. The molecule has 5 nitrogen and oxygen atoms in total. The number of amides is 1. The summed E-state index contributed by atoms with van der Waals surface area (Å²) < 4.78 is 4.88. The van der Waals surface area contributed by atoms with Crippen molar-refractivity contribution in [1.82, 2.24) is 5.32 Å². The van der Waals surface area contributed by atoms with Crippen LogP contribution in [0.1, 0.15) is 38.5 Å². The minimum atomic E-state index is -0.654. The monoisotopic (exact) mass is 267 g/mol. The van der Waals surface area contributed by atoms with E-state index in [0.29, 0.717) is 6.54 Å². The fourth-order valence-electron chi connectivity index (χ4n) is 3.29. The lowest BCUT2D eigenvalue weighted by atomic mass is 9.54. The molecule has 19 heavy (non-hydrogen) atoms. The zero-order chi connectivity index (χ0) is 13.9. The number of rotatable bonds is 5. The van der Waals surface area contributed by atoms with Crippen LogP contribution in [0, 0.1) is 10.8 Å². The molecule has 3 rings (SSSR count). The second kappa shape index (κ2) is 5.23. The number of carboxylic acids is 1. The molecule has 0 heterocycles. The van der Waals surface area contributed by atoms with Crippen molar-refractivity contribution in [3.8, 4) is 0 Å². The van der Waals surface area contributed by atoms with Gasteiger partial charge in [-0.15, -0.1) is 0 Å². The third-order valence-electron chi connectivity index (χ3n) is 4.80. The Morgan fingerprint density at radius 1 is 1.21 bits per heavy atom. The number of carbonyl (C=O) groups is 2. The summed E-state index contributed by atoms with van der Waals surface area (Å²) in [7, 11) is 0. The van der Waals surface area contributed by atoms with Crippen LogP contribution in [-0.2, 0) is 9.53 Å². The highest BCUT2D eigenvalue weighted by atomic mass is 16.5. The molecule has 0 spiro atoms. The van der Waals surface area contributed by atoms with Crippen LogP contribution >= 0.6 is 0 Å². The van der Waals surface area contributed by atoms with Gasteiger partial charge in [-0.05, 0) is 43.9 Å². The zero-order valence-electron chi connectivity index (χ0n) is 11.1. The third-order valence-corrected chi connectivity index (χ3v) is 4.80. The van der Waals surface area contributed by atoms with Gasteiger partial charge in [-0.3, -0.25) is 4.79 Å². The number of aliphatic carboxylic acids is 1. The van der Waals surface area contributed by atoms with Crippen LogP contribution in [0.2, 0.25) is 0 Å². The van der Waals surface area contributed by atoms with Crippen LogP contribution in [0.15, 0.2) is 12.7 Å². The van der Waals surface area contributed by atoms with Crippen LogP contribution in [0.5, 0.6) is 0 Å². The van der Waals surface area contributed by atoms with Gasteiger partial charge in [0, 0.05) is 6.54 Å². The van der Waals surface area contributed by atoms with Gasteiger partial charge < -0.3 is 15.2 Å². The lowest BCUT2D eigenvalue weighted by Crippen LogP contribution is -2.50. The second-order valence-electron chi connectivity index (χ2n) is 5.83. The molecule has 106 valence electrons. The molecule has 2 bridgehead atoms. The van der Waals surface area contributed by atoms with Crippen LogP contribution in [0.4, 0.5) is 4.79 Å². The zero-order valence-corrected chi connectivity index (χ0v) is 11.1. The molecule has 5 heteroatoms. The lowest BCUT2D eigenvalue weighted by molar-refractivity contribution is -0.158. The molecule has 0 aromatic rings. The topological polar surface area (TPSA) is 75.6 Å². The number of hydrogen-bond donors (Lipinski definition) is 2. The number of nitrogens with one attached hydrogen (secondary N) is 1. The number of alkyl carbamates (subject to hydrolysis) is 1. The highest BCUT2D eigenvalue weighted by Gasteiger charge is 2.52. The summed E-state index contributed by atoms with van der Waals surface area (Å²) in [6, 6.07) is 0. The molecule has 0 aromatic carbocycles. The molecular weight excluding hydrogens is 246 g/mol. The molecule has 0 atom stereocenters. The Balaban J connectivity index is 1.85. The molecule has 0 radical (unpaired) electrons. The predicted molar refractivity (Wildman–Crippen MR) is 69.8 cm³/mol. The highest BCUT2D eigenvalue weighted by molar-refractivity contribution is 5.75. The van der Waals surface area contributed by atoms with Crippen molar-refractivity contribution in [2.75, 3.05) is 13.2 Å². The third kappa shape index (κ3) is 2.74. The normalized spacial score (nSPS) is 32.6. The average Bonchev–Trinajstić information content (AvgIpc) is 2.45. The molecule has 3 aliphatic carbocycles. The quantitative estimate of drug-likeness (QED) is 0.749. The first-order valence-corrected chi connectivity index (χ1v) is 6.77. The predicted octanol–water partition coefficient (Wildman–Crippen LogP) is 2.32. The molecular formula is C14H21NO4. The van der Waals surface area contributed by atoms with Crippen molar-refractivity contribution in [3.63, 3.8) is 0 Å². The molecule has 0 aromatic heterocycles. The number of fused-ring (bicyclic) bond motifs is 3. The van der Waals surface area contributed by atoms with Gasteiger partial charge in [0.2, 0.25) is 0 Å². The second-order valence-corrected chi connectivity index (χ2v) is 5.83. The Morgan fingerprint density at radius 2 is 1.79 bits per heavy atom. The summed E-state index contributed by atoms with van der Waals surface area (Å²) in [6.07, 6.45) is 5.92. The van der Waals surface area contributed by atoms with E-state index in [4.69, 9.17) is 4.74 Å². The van der Waals surface area contributed by atoms with Crippen molar-refractivity contribution in [1.29, 1.82) is 0 Å². The van der Waals surface area contributed by atoms with Crippen LogP contribution in [0.25, 0.3) is 0 Å². The number of hydrogen-bond acceptors (Lipinski definition) is 3. The van der Waals surface area contributed by atoms with Crippen LogP contribution < -0.4 is 5.32 Å².